The third-order valence-electron chi connectivity index (χ3n) is 2.86. The fraction of sp³-hybridized carbons (Fsp3) is 0.333. The predicted molar refractivity (Wildman–Crippen MR) is 69.1 cm³/mol. The van der Waals surface area contributed by atoms with Gasteiger partial charge in [0.1, 0.15) is 12.1 Å². The Morgan fingerprint density at radius 2 is 2.06 bits per heavy atom. The number of anilines is 2. The maximum absolute atomic E-state index is 11.9. The molecule has 0 saturated heterocycles. The molecule has 2 unspecified atom stereocenters. The normalized spacial score (nSPS) is 18.8. The van der Waals surface area contributed by atoms with Crippen LogP contribution in [0, 0.1) is 0 Å². The van der Waals surface area contributed by atoms with Crippen LogP contribution in [0.5, 0.6) is 0 Å². The Bertz CT molecular complexity index is 475. The maximum Gasteiger partial charge on any atom is 0.244 e. The summed E-state index contributed by atoms with van der Waals surface area (Å²) < 4.78 is 0. The first kappa shape index (κ1) is 12.2. The zero-order valence-electron chi connectivity index (χ0n) is 10.1. The van der Waals surface area contributed by atoms with Crippen molar-refractivity contribution in [3.8, 4) is 0 Å². The Balaban J connectivity index is 2.00. The molecule has 0 aromatic heterocycles. The molecule has 6 nitrogen and oxygen atoms in total. The first-order valence-electron chi connectivity index (χ1n) is 5.77. The van der Waals surface area contributed by atoms with Gasteiger partial charge < -0.3 is 21.7 Å². The average Bonchev–Trinajstić information content (AvgIpc) is 2.37. The number of benzene rings is 1. The van der Waals surface area contributed by atoms with Gasteiger partial charge >= 0.3 is 0 Å². The number of para-hydroxylation sites is 2. The Kier molecular flexibility index (Phi) is 3.36. The molecular weight excluding hydrogens is 232 g/mol. The molecule has 5 N–H and O–H groups in total. The molecule has 96 valence electrons. The van der Waals surface area contributed by atoms with Gasteiger partial charge in [0.15, 0.2) is 0 Å². The van der Waals surface area contributed by atoms with Crippen molar-refractivity contribution < 1.29 is 9.59 Å². The topological polar surface area (TPSA) is 96.2 Å². The maximum atomic E-state index is 11.9. The largest absolute Gasteiger partial charge is 0.381 e. The van der Waals surface area contributed by atoms with Crippen LogP contribution in [0.1, 0.15) is 6.92 Å². The monoisotopic (exact) mass is 248 g/mol. The van der Waals surface area contributed by atoms with E-state index < -0.39 is 18.0 Å². The van der Waals surface area contributed by atoms with E-state index in [0.29, 0.717) is 6.54 Å². The molecular formula is C12H16N4O2. The summed E-state index contributed by atoms with van der Waals surface area (Å²) in [5.74, 6) is -0.796. The van der Waals surface area contributed by atoms with Gasteiger partial charge in [-0.15, -0.1) is 0 Å². The van der Waals surface area contributed by atoms with E-state index >= 15 is 0 Å². The molecule has 0 bridgehead atoms. The molecule has 1 aromatic carbocycles. The number of carbonyl (C=O) groups is 2. The molecule has 2 atom stereocenters. The summed E-state index contributed by atoms with van der Waals surface area (Å²) in [6.07, 6.45) is 0. The summed E-state index contributed by atoms with van der Waals surface area (Å²) in [6, 6.07) is 6.54. The van der Waals surface area contributed by atoms with Gasteiger partial charge in [-0.2, -0.15) is 0 Å². The van der Waals surface area contributed by atoms with E-state index in [9.17, 15) is 9.59 Å². The molecule has 18 heavy (non-hydrogen) atoms. The number of carbonyl (C=O) groups excluding carboxylic acids is 2. The number of fused-ring (bicyclic) bond motifs is 1. The van der Waals surface area contributed by atoms with Crippen LogP contribution in [0.3, 0.4) is 0 Å². The standard InChI is InChI=1S/C12H16N4O2/c1-7(11(13)17)15-12(18)10-6-14-8-4-2-3-5-9(8)16-10/h2-5,7,10,14,16H,6H2,1H3,(H2,13,17)(H,15,18). The van der Waals surface area contributed by atoms with Gasteiger partial charge in [0.25, 0.3) is 0 Å². The minimum atomic E-state index is -0.670. The third kappa shape index (κ3) is 2.53. The molecule has 1 aliphatic rings. The highest BCUT2D eigenvalue weighted by Crippen LogP contribution is 2.25. The Morgan fingerprint density at radius 1 is 1.39 bits per heavy atom. The average molecular weight is 248 g/mol. The Hall–Kier alpha value is -2.24. The van der Waals surface area contributed by atoms with Crippen LogP contribution in [0.15, 0.2) is 24.3 Å². The number of primary amides is 1. The van der Waals surface area contributed by atoms with Crippen molar-refractivity contribution in [2.75, 3.05) is 17.2 Å². The van der Waals surface area contributed by atoms with E-state index in [-0.39, 0.29) is 5.91 Å². The summed E-state index contributed by atoms with van der Waals surface area (Å²) in [5, 5.41) is 8.83. The van der Waals surface area contributed by atoms with Crippen LogP contribution in [-0.2, 0) is 9.59 Å². The highest BCUT2D eigenvalue weighted by atomic mass is 16.2. The van der Waals surface area contributed by atoms with Crippen molar-refractivity contribution in [3.63, 3.8) is 0 Å². The third-order valence-corrected chi connectivity index (χ3v) is 2.86. The summed E-state index contributed by atoms with van der Waals surface area (Å²) >= 11 is 0. The van der Waals surface area contributed by atoms with Gasteiger partial charge in [0, 0.05) is 6.54 Å². The smallest absolute Gasteiger partial charge is 0.244 e. The molecule has 0 spiro atoms. The van der Waals surface area contributed by atoms with Crippen LogP contribution >= 0.6 is 0 Å². The number of rotatable bonds is 3. The molecule has 0 aliphatic carbocycles. The van der Waals surface area contributed by atoms with Crippen molar-refractivity contribution in [2.24, 2.45) is 5.73 Å². The molecule has 0 radical (unpaired) electrons. The number of hydrogen-bond acceptors (Lipinski definition) is 4. The molecule has 0 saturated carbocycles. The first-order chi connectivity index (χ1) is 8.58. The molecule has 6 heteroatoms. The summed E-state index contributed by atoms with van der Waals surface area (Å²) in [4.78, 5) is 22.8. The predicted octanol–water partition coefficient (Wildman–Crippen LogP) is -0.117. The lowest BCUT2D eigenvalue weighted by atomic mass is 10.1. The van der Waals surface area contributed by atoms with Gasteiger partial charge in [0.05, 0.1) is 11.4 Å². The van der Waals surface area contributed by atoms with E-state index in [1.165, 1.54) is 0 Å². The van der Waals surface area contributed by atoms with Gasteiger partial charge in [-0.05, 0) is 19.1 Å². The second kappa shape index (κ2) is 4.95. The Labute approximate surface area is 105 Å². The minimum absolute atomic E-state index is 0.247. The number of hydrogen-bond donors (Lipinski definition) is 4. The molecule has 0 fully saturated rings. The Morgan fingerprint density at radius 3 is 2.72 bits per heavy atom. The van der Waals surface area contributed by atoms with Crippen molar-refractivity contribution in [1.29, 1.82) is 0 Å². The van der Waals surface area contributed by atoms with E-state index in [2.05, 4.69) is 16.0 Å². The molecule has 1 aromatic rings. The highest BCUT2D eigenvalue weighted by Gasteiger charge is 2.25. The SMILES string of the molecule is CC(NC(=O)C1CNc2ccccc2N1)C(N)=O. The van der Waals surface area contributed by atoms with Crippen molar-refractivity contribution in [2.45, 2.75) is 19.0 Å². The van der Waals surface area contributed by atoms with E-state index in [1.807, 2.05) is 24.3 Å². The fourth-order valence-electron chi connectivity index (χ4n) is 1.76. The molecule has 1 aliphatic heterocycles. The van der Waals surface area contributed by atoms with Gasteiger partial charge in [-0.25, -0.2) is 0 Å². The minimum Gasteiger partial charge on any atom is -0.381 e. The zero-order valence-corrected chi connectivity index (χ0v) is 10.1. The lowest BCUT2D eigenvalue weighted by molar-refractivity contribution is -0.127. The van der Waals surface area contributed by atoms with Crippen LogP contribution < -0.4 is 21.7 Å². The summed E-state index contributed by atoms with van der Waals surface area (Å²) in [5.41, 5.74) is 6.93. The van der Waals surface area contributed by atoms with Crippen molar-refractivity contribution in [3.05, 3.63) is 24.3 Å². The van der Waals surface area contributed by atoms with Crippen LogP contribution in [0.25, 0.3) is 0 Å². The van der Waals surface area contributed by atoms with Crippen LogP contribution in [0.2, 0.25) is 0 Å². The number of amides is 2. The fourth-order valence-corrected chi connectivity index (χ4v) is 1.76. The second-order valence-corrected chi connectivity index (χ2v) is 4.26. The van der Waals surface area contributed by atoms with E-state index in [0.717, 1.165) is 11.4 Å². The van der Waals surface area contributed by atoms with Gasteiger partial charge in [0.2, 0.25) is 11.8 Å². The first-order valence-corrected chi connectivity index (χ1v) is 5.77. The van der Waals surface area contributed by atoms with Crippen LogP contribution in [0.4, 0.5) is 11.4 Å². The second-order valence-electron chi connectivity index (χ2n) is 4.26. The quantitative estimate of drug-likeness (QED) is 0.599. The molecule has 2 rings (SSSR count). The highest BCUT2D eigenvalue weighted by molar-refractivity contribution is 5.92. The molecule has 2 amide bonds. The van der Waals surface area contributed by atoms with E-state index in [4.69, 9.17) is 5.73 Å². The van der Waals surface area contributed by atoms with E-state index in [1.54, 1.807) is 6.92 Å². The lowest BCUT2D eigenvalue weighted by Crippen LogP contribution is -2.51. The van der Waals surface area contributed by atoms with Gasteiger partial charge in [-0.1, -0.05) is 12.1 Å². The van der Waals surface area contributed by atoms with Crippen LogP contribution in [-0.4, -0.2) is 30.4 Å². The lowest BCUT2D eigenvalue weighted by Gasteiger charge is -2.28. The number of nitrogens with two attached hydrogens (primary N) is 1. The summed E-state index contributed by atoms with van der Waals surface area (Å²) in [7, 11) is 0. The van der Waals surface area contributed by atoms with Crippen molar-refractivity contribution >= 4 is 23.2 Å². The summed E-state index contributed by atoms with van der Waals surface area (Å²) in [6.45, 7) is 2.03. The number of nitrogens with one attached hydrogen (secondary N) is 3. The molecule has 1 heterocycles. The van der Waals surface area contributed by atoms with Gasteiger partial charge in [-0.3, -0.25) is 9.59 Å². The zero-order chi connectivity index (χ0) is 13.1. The van der Waals surface area contributed by atoms with Crippen molar-refractivity contribution in [1.82, 2.24) is 5.32 Å².